The highest BCUT2D eigenvalue weighted by Gasteiger charge is 2.25. The van der Waals surface area contributed by atoms with Gasteiger partial charge in [-0.25, -0.2) is 0 Å². The molecule has 3 heteroatoms. The number of piperidine rings is 1. The van der Waals surface area contributed by atoms with Gasteiger partial charge in [0.25, 0.3) is 0 Å². The van der Waals surface area contributed by atoms with E-state index in [0.717, 1.165) is 13.1 Å². The molecule has 0 aromatic heterocycles. The van der Waals surface area contributed by atoms with E-state index in [-0.39, 0.29) is 5.38 Å². The van der Waals surface area contributed by atoms with Gasteiger partial charge < -0.3 is 10.2 Å². The van der Waals surface area contributed by atoms with Gasteiger partial charge in [-0.05, 0) is 20.0 Å². The van der Waals surface area contributed by atoms with E-state index in [2.05, 4.69) is 31.1 Å². The van der Waals surface area contributed by atoms with Crippen LogP contribution in [0.1, 0.15) is 20.3 Å². The minimum atomic E-state index is 0.270. The van der Waals surface area contributed by atoms with E-state index in [1.54, 1.807) is 0 Å². The minimum absolute atomic E-state index is 0.270. The van der Waals surface area contributed by atoms with Gasteiger partial charge in [-0.3, -0.25) is 0 Å². The Bertz CT molecular complexity index is 138. The van der Waals surface area contributed by atoms with Gasteiger partial charge in [0.1, 0.15) is 0 Å². The maximum Gasteiger partial charge on any atom is 0.0616 e. The van der Waals surface area contributed by atoms with E-state index in [9.17, 15) is 0 Å². The zero-order valence-corrected chi connectivity index (χ0v) is 8.93. The molecule has 0 bridgehead atoms. The lowest BCUT2D eigenvalue weighted by Gasteiger charge is -2.34. The number of halogens is 1. The molecular weight excluding hydrogens is 172 g/mol. The Labute approximate surface area is 80.3 Å². The van der Waals surface area contributed by atoms with E-state index < -0.39 is 0 Å². The summed E-state index contributed by atoms with van der Waals surface area (Å²) in [6.45, 7) is 6.50. The summed E-state index contributed by atoms with van der Waals surface area (Å²) in [5, 5.41) is 3.76. The summed E-state index contributed by atoms with van der Waals surface area (Å²) in [6, 6.07) is 1.04. The van der Waals surface area contributed by atoms with Crippen LogP contribution >= 0.6 is 11.6 Å². The number of likely N-dealkylation sites (tertiary alicyclic amines) is 1. The Morgan fingerprint density at radius 1 is 1.50 bits per heavy atom. The molecule has 2 nitrogen and oxygen atoms in total. The zero-order chi connectivity index (χ0) is 9.14. The Morgan fingerprint density at radius 2 is 2.17 bits per heavy atom. The molecule has 0 spiro atoms. The van der Waals surface area contributed by atoms with Gasteiger partial charge in [0.2, 0.25) is 0 Å². The molecule has 0 aromatic rings. The minimum Gasteiger partial charge on any atom is -0.310 e. The largest absolute Gasteiger partial charge is 0.310 e. The van der Waals surface area contributed by atoms with Gasteiger partial charge in [0, 0.05) is 18.6 Å². The quantitative estimate of drug-likeness (QED) is 0.661. The Hall–Kier alpha value is 0.210. The molecule has 0 saturated carbocycles. The highest BCUT2D eigenvalue weighted by Crippen LogP contribution is 2.15. The molecule has 2 unspecified atom stereocenters. The van der Waals surface area contributed by atoms with Gasteiger partial charge >= 0.3 is 0 Å². The van der Waals surface area contributed by atoms with Crippen LogP contribution in [-0.4, -0.2) is 42.5 Å². The molecule has 0 radical (unpaired) electrons. The lowest BCUT2D eigenvalue weighted by atomic mass is 10.0. The van der Waals surface area contributed by atoms with Crippen molar-refractivity contribution in [3.8, 4) is 0 Å². The molecule has 1 saturated heterocycles. The van der Waals surface area contributed by atoms with Crippen LogP contribution in [-0.2, 0) is 0 Å². The predicted octanol–water partition coefficient (Wildman–Crippen LogP) is 1.30. The standard InChI is InChI=1S/C9H19ClN2/c1-7(2)11-9-4-5-12(3)6-8(9)10/h7-9,11H,4-6H2,1-3H3. The number of alkyl halides is 1. The number of hydrogen-bond acceptors (Lipinski definition) is 2. The summed E-state index contributed by atoms with van der Waals surface area (Å²) in [5.41, 5.74) is 0. The second-order valence-corrected chi connectivity index (χ2v) is 4.56. The molecule has 0 amide bonds. The van der Waals surface area contributed by atoms with Gasteiger partial charge in [-0.15, -0.1) is 11.6 Å². The van der Waals surface area contributed by atoms with Crippen molar-refractivity contribution in [3.05, 3.63) is 0 Å². The molecule has 0 aromatic carbocycles. The van der Waals surface area contributed by atoms with Crippen molar-refractivity contribution in [2.75, 3.05) is 20.1 Å². The van der Waals surface area contributed by atoms with Crippen LogP contribution in [0, 0.1) is 0 Å². The highest BCUT2D eigenvalue weighted by molar-refractivity contribution is 6.21. The molecule has 1 aliphatic heterocycles. The average Bonchev–Trinajstić information content (AvgIpc) is 1.94. The fourth-order valence-electron chi connectivity index (χ4n) is 1.67. The smallest absolute Gasteiger partial charge is 0.0616 e. The van der Waals surface area contributed by atoms with Gasteiger partial charge in [0.15, 0.2) is 0 Å². The van der Waals surface area contributed by atoms with Crippen molar-refractivity contribution < 1.29 is 0 Å². The van der Waals surface area contributed by atoms with Crippen molar-refractivity contribution in [3.63, 3.8) is 0 Å². The van der Waals surface area contributed by atoms with E-state index in [1.165, 1.54) is 6.42 Å². The van der Waals surface area contributed by atoms with Crippen LogP contribution in [0.4, 0.5) is 0 Å². The zero-order valence-electron chi connectivity index (χ0n) is 8.18. The topological polar surface area (TPSA) is 15.3 Å². The summed E-state index contributed by atoms with van der Waals surface area (Å²) in [7, 11) is 2.13. The fourth-order valence-corrected chi connectivity index (χ4v) is 2.11. The van der Waals surface area contributed by atoms with Crippen molar-refractivity contribution >= 4 is 11.6 Å². The van der Waals surface area contributed by atoms with E-state index in [1.807, 2.05) is 0 Å². The highest BCUT2D eigenvalue weighted by atomic mass is 35.5. The molecular formula is C9H19ClN2. The molecule has 0 aliphatic carbocycles. The average molecular weight is 191 g/mol. The molecule has 1 rings (SSSR count). The van der Waals surface area contributed by atoms with Crippen LogP contribution in [0.3, 0.4) is 0 Å². The molecule has 1 aliphatic rings. The summed E-state index contributed by atoms with van der Waals surface area (Å²) in [5.74, 6) is 0. The maximum atomic E-state index is 6.22. The number of nitrogens with one attached hydrogen (secondary N) is 1. The SMILES string of the molecule is CC(C)NC1CCN(C)CC1Cl. The first kappa shape index (κ1) is 10.3. The van der Waals surface area contributed by atoms with E-state index in [0.29, 0.717) is 12.1 Å². The maximum absolute atomic E-state index is 6.22. The molecule has 1 heterocycles. The Morgan fingerprint density at radius 3 is 2.67 bits per heavy atom. The van der Waals surface area contributed by atoms with Gasteiger partial charge in [0.05, 0.1) is 5.38 Å². The monoisotopic (exact) mass is 190 g/mol. The summed E-state index contributed by atoms with van der Waals surface area (Å²) in [6.07, 6.45) is 1.17. The Kier molecular flexibility index (Phi) is 3.81. The first-order valence-corrected chi connectivity index (χ1v) is 5.12. The van der Waals surface area contributed by atoms with Gasteiger partial charge in [-0.1, -0.05) is 13.8 Å². The van der Waals surface area contributed by atoms with E-state index >= 15 is 0 Å². The first-order valence-electron chi connectivity index (χ1n) is 4.68. The van der Waals surface area contributed by atoms with Crippen LogP contribution in [0.25, 0.3) is 0 Å². The first-order chi connectivity index (χ1) is 5.59. The van der Waals surface area contributed by atoms with E-state index in [4.69, 9.17) is 11.6 Å². The number of nitrogens with zero attached hydrogens (tertiary/aromatic N) is 1. The molecule has 1 fully saturated rings. The van der Waals surface area contributed by atoms with Crippen LogP contribution in [0.2, 0.25) is 0 Å². The normalized spacial score (nSPS) is 32.8. The van der Waals surface area contributed by atoms with Crippen molar-refractivity contribution in [1.29, 1.82) is 0 Å². The molecule has 1 N–H and O–H groups in total. The summed E-state index contributed by atoms with van der Waals surface area (Å²) >= 11 is 6.22. The third kappa shape index (κ3) is 2.92. The summed E-state index contributed by atoms with van der Waals surface area (Å²) in [4.78, 5) is 2.29. The van der Waals surface area contributed by atoms with Crippen LogP contribution in [0.5, 0.6) is 0 Å². The van der Waals surface area contributed by atoms with Gasteiger partial charge in [-0.2, -0.15) is 0 Å². The third-order valence-electron chi connectivity index (χ3n) is 2.29. The molecule has 2 atom stereocenters. The number of rotatable bonds is 2. The van der Waals surface area contributed by atoms with Crippen molar-refractivity contribution in [1.82, 2.24) is 10.2 Å². The molecule has 72 valence electrons. The number of hydrogen-bond donors (Lipinski definition) is 1. The second kappa shape index (κ2) is 4.45. The lowest BCUT2D eigenvalue weighted by molar-refractivity contribution is 0.233. The lowest BCUT2D eigenvalue weighted by Crippen LogP contribution is -2.50. The molecule has 12 heavy (non-hydrogen) atoms. The van der Waals surface area contributed by atoms with Crippen LogP contribution in [0.15, 0.2) is 0 Å². The van der Waals surface area contributed by atoms with Crippen LogP contribution < -0.4 is 5.32 Å². The predicted molar refractivity (Wildman–Crippen MR) is 53.8 cm³/mol. The fraction of sp³-hybridized carbons (Fsp3) is 1.00. The van der Waals surface area contributed by atoms with Crippen molar-refractivity contribution in [2.24, 2.45) is 0 Å². The third-order valence-corrected chi connectivity index (χ3v) is 2.73. The second-order valence-electron chi connectivity index (χ2n) is 3.99. The van der Waals surface area contributed by atoms with Crippen molar-refractivity contribution in [2.45, 2.75) is 37.7 Å². The summed E-state index contributed by atoms with van der Waals surface area (Å²) < 4.78 is 0. The Balaban J connectivity index is 2.34.